The van der Waals surface area contributed by atoms with Crippen LogP contribution in [0.2, 0.25) is 0 Å². The summed E-state index contributed by atoms with van der Waals surface area (Å²) in [5.74, 6) is 0.0257. The highest BCUT2D eigenvalue weighted by atomic mass is 32.1. The normalized spacial score (nSPS) is 18.4. The van der Waals surface area contributed by atoms with E-state index < -0.39 is 0 Å². The van der Waals surface area contributed by atoms with Gasteiger partial charge in [0.1, 0.15) is 5.01 Å². The molecule has 2 heterocycles. The lowest BCUT2D eigenvalue weighted by Gasteiger charge is -2.33. The van der Waals surface area contributed by atoms with Crippen molar-refractivity contribution >= 4 is 28.4 Å². The van der Waals surface area contributed by atoms with Crippen LogP contribution in [0.15, 0.2) is 0 Å². The predicted molar refractivity (Wildman–Crippen MR) is 86.0 cm³/mol. The first-order chi connectivity index (χ1) is 10.4. The van der Waals surface area contributed by atoms with E-state index in [1.54, 1.807) is 23.9 Å². The fourth-order valence-corrected chi connectivity index (χ4v) is 3.12. The van der Waals surface area contributed by atoms with Crippen molar-refractivity contribution in [3.63, 3.8) is 0 Å². The van der Waals surface area contributed by atoms with Gasteiger partial charge in [-0.3, -0.25) is 4.79 Å². The van der Waals surface area contributed by atoms with E-state index >= 15 is 0 Å². The van der Waals surface area contributed by atoms with Crippen molar-refractivity contribution in [2.24, 2.45) is 5.92 Å². The summed E-state index contributed by atoms with van der Waals surface area (Å²) in [6.07, 6.45) is 1.63. The molecule has 1 saturated heterocycles. The smallest absolute Gasteiger partial charge is 0.319 e. The van der Waals surface area contributed by atoms with Crippen molar-refractivity contribution in [1.82, 2.24) is 20.0 Å². The first-order valence-electron chi connectivity index (χ1n) is 7.49. The Balaban J connectivity index is 1.95. The molecule has 0 saturated carbocycles. The highest BCUT2D eigenvalue weighted by molar-refractivity contribution is 7.15. The molecular weight excluding hydrogens is 302 g/mol. The molecule has 22 heavy (non-hydrogen) atoms. The molecule has 1 fully saturated rings. The average Bonchev–Trinajstić information content (AvgIpc) is 2.95. The number of aromatic nitrogens is 2. The SMILES string of the molecule is CC(C)c1nnc(NC(=O)[C@@H]2CCCN(C(=O)N(C)C)C2)s1. The Bertz CT molecular complexity index is 543. The highest BCUT2D eigenvalue weighted by Gasteiger charge is 2.29. The zero-order valence-corrected chi connectivity index (χ0v) is 14.3. The first kappa shape index (κ1) is 16.7. The van der Waals surface area contributed by atoms with E-state index in [-0.39, 0.29) is 17.9 Å². The van der Waals surface area contributed by atoms with E-state index in [4.69, 9.17) is 0 Å². The van der Waals surface area contributed by atoms with Gasteiger partial charge in [0.15, 0.2) is 0 Å². The quantitative estimate of drug-likeness (QED) is 0.922. The molecule has 3 amide bonds. The topological polar surface area (TPSA) is 78.4 Å². The number of nitrogens with one attached hydrogen (secondary N) is 1. The van der Waals surface area contributed by atoms with E-state index in [2.05, 4.69) is 15.5 Å². The lowest BCUT2D eigenvalue weighted by Crippen LogP contribution is -2.47. The molecule has 0 aromatic carbocycles. The molecular formula is C14H23N5O2S. The van der Waals surface area contributed by atoms with Crippen LogP contribution in [0, 0.1) is 5.92 Å². The Hall–Kier alpha value is -1.70. The van der Waals surface area contributed by atoms with Gasteiger partial charge < -0.3 is 15.1 Å². The third-order valence-electron chi connectivity index (χ3n) is 3.61. The number of anilines is 1. The molecule has 0 spiro atoms. The largest absolute Gasteiger partial charge is 0.331 e. The third kappa shape index (κ3) is 3.94. The summed E-state index contributed by atoms with van der Waals surface area (Å²) >= 11 is 1.40. The number of carbonyl (C=O) groups excluding carboxylic acids is 2. The van der Waals surface area contributed by atoms with Gasteiger partial charge in [0.25, 0.3) is 0 Å². The highest BCUT2D eigenvalue weighted by Crippen LogP contribution is 2.24. The minimum atomic E-state index is -0.191. The summed E-state index contributed by atoms with van der Waals surface area (Å²) in [5, 5.41) is 12.3. The summed E-state index contributed by atoms with van der Waals surface area (Å²) in [6, 6.07) is -0.0458. The number of nitrogens with zero attached hydrogens (tertiary/aromatic N) is 4. The van der Waals surface area contributed by atoms with E-state index in [1.165, 1.54) is 11.3 Å². The van der Waals surface area contributed by atoms with Gasteiger partial charge in [-0.1, -0.05) is 25.2 Å². The minimum absolute atomic E-state index is 0.0458. The van der Waals surface area contributed by atoms with E-state index in [9.17, 15) is 9.59 Å². The number of hydrogen-bond donors (Lipinski definition) is 1. The molecule has 0 radical (unpaired) electrons. The van der Waals surface area contributed by atoms with Gasteiger partial charge in [-0.15, -0.1) is 10.2 Å². The average molecular weight is 325 g/mol. The lowest BCUT2D eigenvalue weighted by atomic mass is 9.97. The predicted octanol–water partition coefficient (Wildman–Crippen LogP) is 1.99. The van der Waals surface area contributed by atoms with Crippen molar-refractivity contribution < 1.29 is 9.59 Å². The van der Waals surface area contributed by atoms with Crippen LogP contribution in [-0.4, -0.2) is 59.1 Å². The zero-order chi connectivity index (χ0) is 16.3. The van der Waals surface area contributed by atoms with Crippen LogP contribution in [0.1, 0.15) is 37.6 Å². The van der Waals surface area contributed by atoms with Gasteiger partial charge in [0.2, 0.25) is 11.0 Å². The summed E-state index contributed by atoms with van der Waals surface area (Å²) < 4.78 is 0. The number of hydrogen-bond acceptors (Lipinski definition) is 5. The van der Waals surface area contributed by atoms with Crippen LogP contribution >= 0.6 is 11.3 Å². The molecule has 1 aliphatic heterocycles. The van der Waals surface area contributed by atoms with Crippen molar-refractivity contribution in [2.75, 3.05) is 32.5 Å². The molecule has 8 heteroatoms. The molecule has 2 rings (SSSR count). The maximum atomic E-state index is 12.4. The summed E-state index contributed by atoms with van der Waals surface area (Å²) in [6.45, 7) is 5.24. The van der Waals surface area contributed by atoms with Crippen molar-refractivity contribution in [2.45, 2.75) is 32.6 Å². The lowest BCUT2D eigenvalue weighted by molar-refractivity contribution is -0.121. The van der Waals surface area contributed by atoms with Crippen molar-refractivity contribution in [3.8, 4) is 0 Å². The van der Waals surface area contributed by atoms with E-state index in [1.807, 2.05) is 13.8 Å². The number of urea groups is 1. The zero-order valence-electron chi connectivity index (χ0n) is 13.5. The molecule has 0 aliphatic carbocycles. The van der Waals surface area contributed by atoms with Gasteiger partial charge in [0.05, 0.1) is 5.92 Å². The fraction of sp³-hybridized carbons (Fsp3) is 0.714. The summed E-state index contributed by atoms with van der Waals surface area (Å²) in [5.41, 5.74) is 0. The summed E-state index contributed by atoms with van der Waals surface area (Å²) in [7, 11) is 3.45. The number of piperidine rings is 1. The number of carbonyl (C=O) groups is 2. The van der Waals surface area contributed by atoms with Crippen LogP contribution in [0.3, 0.4) is 0 Å². The molecule has 1 aromatic rings. The maximum Gasteiger partial charge on any atom is 0.319 e. The van der Waals surface area contributed by atoms with Crippen LogP contribution in [0.5, 0.6) is 0 Å². The molecule has 0 bridgehead atoms. The number of rotatable bonds is 3. The molecule has 1 aliphatic rings. The van der Waals surface area contributed by atoms with Crippen molar-refractivity contribution in [3.05, 3.63) is 5.01 Å². The molecule has 0 unspecified atom stereocenters. The molecule has 122 valence electrons. The van der Waals surface area contributed by atoms with Crippen LogP contribution in [0.4, 0.5) is 9.93 Å². The van der Waals surface area contributed by atoms with Crippen LogP contribution in [0.25, 0.3) is 0 Å². The first-order valence-corrected chi connectivity index (χ1v) is 8.30. The van der Waals surface area contributed by atoms with Gasteiger partial charge in [-0.25, -0.2) is 4.79 Å². The van der Waals surface area contributed by atoms with Gasteiger partial charge >= 0.3 is 6.03 Å². The molecule has 7 nitrogen and oxygen atoms in total. The van der Waals surface area contributed by atoms with E-state index in [0.29, 0.717) is 24.1 Å². The Labute approximate surface area is 134 Å². The Kier molecular flexibility index (Phi) is 5.33. The second-order valence-electron chi connectivity index (χ2n) is 6.05. The van der Waals surface area contributed by atoms with Gasteiger partial charge in [-0.05, 0) is 12.8 Å². The number of amides is 3. The van der Waals surface area contributed by atoms with E-state index in [0.717, 1.165) is 17.8 Å². The summed E-state index contributed by atoms with van der Waals surface area (Å²) in [4.78, 5) is 27.6. The second-order valence-corrected chi connectivity index (χ2v) is 7.06. The van der Waals surface area contributed by atoms with Gasteiger partial charge in [-0.2, -0.15) is 0 Å². The Morgan fingerprint density at radius 1 is 1.36 bits per heavy atom. The molecule has 1 aromatic heterocycles. The minimum Gasteiger partial charge on any atom is -0.331 e. The Morgan fingerprint density at radius 2 is 2.09 bits per heavy atom. The second kappa shape index (κ2) is 7.04. The van der Waals surface area contributed by atoms with Gasteiger partial charge in [0, 0.05) is 33.1 Å². The maximum absolute atomic E-state index is 12.4. The van der Waals surface area contributed by atoms with Crippen LogP contribution in [-0.2, 0) is 4.79 Å². The monoisotopic (exact) mass is 325 g/mol. The Morgan fingerprint density at radius 3 is 2.68 bits per heavy atom. The molecule has 1 atom stereocenters. The fourth-order valence-electron chi connectivity index (χ4n) is 2.37. The third-order valence-corrected chi connectivity index (χ3v) is 4.75. The molecule has 1 N–H and O–H groups in total. The number of likely N-dealkylation sites (tertiary alicyclic amines) is 1. The standard InChI is InChI=1S/C14H23N5O2S/c1-9(2)12-16-17-13(22-12)15-11(20)10-6-5-7-19(8-10)14(21)18(3)4/h9-10H,5-8H2,1-4H3,(H,15,17,20)/t10-/m1/s1. The van der Waals surface area contributed by atoms with Crippen molar-refractivity contribution in [1.29, 1.82) is 0 Å². The van der Waals surface area contributed by atoms with Crippen LogP contribution < -0.4 is 5.32 Å².